The molecule has 2 aromatic carbocycles. The van der Waals surface area contributed by atoms with E-state index in [1.807, 2.05) is 6.07 Å². The van der Waals surface area contributed by atoms with Gasteiger partial charge in [-0.1, -0.05) is 41.4 Å². The summed E-state index contributed by atoms with van der Waals surface area (Å²) in [5.74, 6) is 0.561. The van der Waals surface area contributed by atoms with Gasteiger partial charge in [-0.05, 0) is 24.3 Å². The van der Waals surface area contributed by atoms with E-state index in [0.29, 0.717) is 33.5 Å². The van der Waals surface area contributed by atoms with Crippen LogP contribution in [-0.4, -0.2) is 6.41 Å². The minimum atomic E-state index is 0.232. The summed E-state index contributed by atoms with van der Waals surface area (Å²) >= 11 is 12.1. The van der Waals surface area contributed by atoms with Gasteiger partial charge in [-0.25, -0.2) is 0 Å². The van der Waals surface area contributed by atoms with Gasteiger partial charge in [0.2, 0.25) is 6.41 Å². The number of halogens is 2. The summed E-state index contributed by atoms with van der Waals surface area (Å²) in [4.78, 5) is 10.5. The van der Waals surface area contributed by atoms with Crippen LogP contribution in [-0.2, 0) is 11.4 Å². The summed E-state index contributed by atoms with van der Waals surface area (Å²) in [6, 6.07) is 12.4. The van der Waals surface area contributed by atoms with E-state index < -0.39 is 0 Å². The Bertz CT molecular complexity index is 567. The number of anilines is 1. The summed E-state index contributed by atoms with van der Waals surface area (Å²) in [6.45, 7) is 0.232. The number of para-hydroxylation sites is 2. The number of ether oxygens (including phenoxy) is 1. The summed E-state index contributed by atoms with van der Waals surface area (Å²) in [6.07, 6.45) is 0.602. The highest BCUT2D eigenvalue weighted by Gasteiger charge is 2.08. The molecule has 98 valence electrons. The van der Waals surface area contributed by atoms with E-state index in [4.69, 9.17) is 27.9 Å². The van der Waals surface area contributed by atoms with Gasteiger partial charge in [0.15, 0.2) is 0 Å². The maximum absolute atomic E-state index is 10.5. The van der Waals surface area contributed by atoms with Crippen molar-refractivity contribution in [2.45, 2.75) is 6.61 Å². The lowest BCUT2D eigenvalue weighted by Crippen LogP contribution is -2.01. The van der Waals surface area contributed by atoms with Crippen LogP contribution in [0.5, 0.6) is 5.75 Å². The van der Waals surface area contributed by atoms with Crippen molar-refractivity contribution in [3.05, 3.63) is 58.1 Å². The van der Waals surface area contributed by atoms with Gasteiger partial charge in [-0.15, -0.1) is 0 Å². The van der Waals surface area contributed by atoms with Crippen molar-refractivity contribution < 1.29 is 9.53 Å². The Hall–Kier alpha value is -1.71. The molecule has 0 saturated carbocycles. The Balaban J connectivity index is 2.17. The fraction of sp³-hybridized carbons (Fsp3) is 0.0714. The monoisotopic (exact) mass is 295 g/mol. The van der Waals surface area contributed by atoms with Gasteiger partial charge in [0.05, 0.1) is 5.69 Å². The molecule has 0 heterocycles. The third-order valence-electron chi connectivity index (χ3n) is 2.54. The lowest BCUT2D eigenvalue weighted by atomic mass is 10.2. The number of rotatable bonds is 5. The van der Waals surface area contributed by atoms with Crippen molar-refractivity contribution in [1.29, 1.82) is 0 Å². The van der Waals surface area contributed by atoms with E-state index in [2.05, 4.69) is 5.32 Å². The largest absolute Gasteiger partial charge is 0.487 e. The van der Waals surface area contributed by atoms with Crippen LogP contribution in [0.2, 0.25) is 10.0 Å². The van der Waals surface area contributed by atoms with Gasteiger partial charge in [0.1, 0.15) is 12.4 Å². The summed E-state index contributed by atoms with van der Waals surface area (Å²) in [5.41, 5.74) is 1.31. The van der Waals surface area contributed by atoms with E-state index in [-0.39, 0.29) is 6.61 Å². The summed E-state index contributed by atoms with van der Waals surface area (Å²) in [5, 5.41) is 3.67. The summed E-state index contributed by atoms with van der Waals surface area (Å²) < 4.78 is 5.65. The molecule has 1 amide bonds. The molecule has 0 bridgehead atoms. The van der Waals surface area contributed by atoms with Gasteiger partial charge in [0, 0.05) is 15.6 Å². The van der Waals surface area contributed by atoms with Crippen LogP contribution in [0.25, 0.3) is 0 Å². The van der Waals surface area contributed by atoms with Crippen molar-refractivity contribution in [2.24, 2.45) is 0 Å². The van der Waals surface area contributed by atoms with Crippen molar-refractivity contribution in [3.63, 3.8) is 0 Å². The quantitative estimate of drug-likeness (QED) is 0.842. The normalized spacial score (nSPS) is 10.0. The zero-order chi connectivity index (χ0) is 13.7. The number of carbonyl (C=O) groups is 1. The third kappa shape index (κ3) is 3.40. The third-order valence-corrected chi connectivity index (χ3v) is 3.24. The zero-order valence-electron chi connectivity index (χ0n) is 9.90. The van der Waals surface area contributed by atoms with Crippen LogP contribution in [0.3, 0.4) is 0 Å². The first-order chi connectivity index (χ1) is 9.22. The highest BCUT2D eigenvalue weighted by molar-refractivity contribution is 6.35. The first-order valence-electron chi connectivity index (χ1n) is 5.57. The smallest absolute Gasteiger partial charge is 0.211 e. The maximum Gasteiger partial charge on any atom is 0.211 e. The molecule has 2 rings (SSSR count). The molecule has 0 saturated heterocycles. The molecule has 5 heteroatoms. The topological polar surface area (TPSA) is 38.3 Å². The lowest BCUT2D eigenvalue weighted by Gasteiger charge is -2.12. The molecular formula is C14H11Cl2NO2. The molecule has 0 aliphatic carbocycles. The van der Waals surface area contributed by atoms with E-state index in [1.54, 1.807) is 36.4 Å². The van der Waals surface area contributed by atoms with Gasteiger partial charge in [-0.3, -0.25) is 4.79 Å². The second-order valence-corrected chi connectivity index (χ2v) is 4.56. The Morgan fingerprint density at radius 1 is 1.05 bits per heavy atom. The highest BCUT2D eigenvalue weighted by atomic mass is 35.5. The molecule has 0 unspecified atom stereocenters. The molecule has 0 radical (unpaired) electrons. The molecule has 1 N–H and O–H groups in total. The minimum Gasteiger partial charge on any atom is -0.487 e. The molecule has 0 fully saturated rings. The second kappa shape index (κ2) is 6.45. The molecule has 0 aliphatic heterocycles. The van der Waals surface area contributed by atoms with Gasteiger partial charge >= 0.3 is 0 Å². The van der Waals surface area contributed by atoms with E-state index in [0.717, 1.165) is 0 Å². The first kappa shape index (κ1) is 13.7. The van der Waals surface area contributed by atoms with Crippen molar-refractivity contribution in [1.82, 2.24) is 0 Å². The van der Waals surface area contributed by atoms with Crippen LogP contribution in [0.15, 0.2) is 42.5 Å². The average molecular weight is 296 g/mol. The van der Waals surface area contributed by atoms with Crippen LogP contribution < -0.4 is 10.1 Å². The van der Waals surface area contributed by atoms with Crippen LogP contribution in [0.1, 0.15) is 5.56 Å². The number of carbonyl (C=O) groups excluding carboxylic acids is 1. The second-order valence-electron chi connectivity index (χ2n) is 3.75. The van der Waals surface area contributed by atoms with Crippen molar-refractivity contribution >= 4 is 35.3 Å². The van der Waals surface area contributed by atoms with E-state index in [9.17, 15) is 4.79 Å². The first-order valence-corrected chi connectivity index (χ1v) is 6.33. The Kier molecular flexibility index (Phi) is 4.66. The van der Waals surface area contributed by atoms with Gasteiger partial charge < -0.3 is 10.1 Å². The predicted molar refractivity (Wildman–Crippen MR) is 76.9 cm³/mol. The standard InChI is InChI=1S/C14H11Cl2NO2/c15-11-4-3-5-12(16)10(11)8-19-14-7-2-1-6-13(14)17-9-18/h1-7,9H,8H2,(H,17,18). The molecule has 0 spiro atoms. The predicted octanol–water partition coefficient (Wildman–Crippen LogP) is 4.14. The Morgan fingerprint density at radius 3 is 2.42 bits per heavy atom. The maximum atomic E-state index is 10.5. The van der Waals surface area contributed by atoms with Crippen LogP contribution >= 0.6 is 23.2 Å². The van der Waals surface area contributed by atoms with Crippen LogP contribution in [0.4, 0.5) is 5.69 Å². The fourth-order valence-electron chi connectivity index (χ4n) is 1.60. The molecule has 19 heavy (non-hydrogen) atoms. The number of nitrogens with one attached hydrogen (secondary N) is 1. The van der Waals surface area contributed by atoms with E-state index in [1.165, 1.54) is 0 Å². The fourth-order valence-corrected chi connectivity index (χ4v) is 2.10. The number of amides is 1. The molecule has 3 nitrogen and oxygen atoms in total. The highest BCUT2D eigenvalue weighted by Crippen LogP contribution is 2.28. The Morgan fingerprint density at radius 2 is 1.74 bits per heavy atom. The minimum absolute atomic E-state index is 0.232. The SMILES string of the molecule is O=CNc1ccccc1OCc1c(Cl)cccc1Cl. The van der Waals surface area contributed by atoms with Gasteiger partial charge in [0.25, 0.3) is 0 Å². The molecule has 0 aromatic heterocycles. The number of hydrogen-bond acceptors (Lipinski definition) is 2. The van der Waals surface area contributed by atoms with Gasteiger partial charge in [-0.2, -0.15) is 0 Å². The lowest BCUT2D eigenvalue weighted by molar-refractivity contribution is -0.105. The average Bonchev–Trinajstić information content (AvgIpc) is 2.40. The van der Waals surface area contributed by atoms with Crippen molar-refractivity contribution in [2.75, 3.05) is 5.32 Å². The summed E-state index contributed by atoms with van der Waals surface area (Å²) in [7, 11) is 0. The Labute approximate surface area is 121 Å². The van der Waals surface area contributed by atoms with Crippen LogP contribution in [0, 0.1) is 0 Å². The number of benzene rings is 2. The van der Waals surface area contributed by atoms with Crippen molar-refractivity contribution in [3.8, 4) is 5.75 Å². The molecule has 2 aromatic rings. The number of hydrogen-bond donors (Lipinski definition) is 1. The molecule has 0 atom stereocenters. The molecular weight excluding hydrogens is 285 g/mol. The molecule has 0 aliphatic rings. The van der Waals surface area contributed by atoms with E-state index >= 15 is 0 Å². The zero-order valence-corrected chi connectivity index (χ0v) is 11.4.